The number of cyclic esters (lactones) is 1. The second-order valence-electron chi connectivity index (χ2n) is 7.01. The Labute approximate surface area is 155 Å². The lowest BCUT2D eigenvalue weighted by Gasteiger charge is -2.48. The van der Waals surface area contributed by atoms with Crippen LogP contribution in [0.15, 0.2) is 18.2 Å². The highest BCUT2D eigenvalue weighted by Gasteiger charge is 2.53. The minimum absolute atomic E-state index is 0.000984. The van der Waals surface area contributed by atoms with Gasteiger partial charge in [-0.25, -0.2) is 4.79 Å². The fourth-order valence-electron chi connectivity index (χ4n) is 3.51. The predicted molar refractivity (Wildman–Crippen MR) is 91.6 cm³/mol. The van der Waals surface area contributed by atoms with Crippen molar-refractivity contribution in [3.63, 3.8) is 0 Å². The first-order valence-corrected chi connectivity index (χ1v) is 8.99. The van der Waals surface area contributed by atoms with Gasteiger partial charge >= 0.3 is 6.09 Å². The zero-order valence-electron chi connectivity index (χ0n) is 13.5. The molecule has 1 aromatic rings. The summed E-state index contributed by atoms with van der Waals surface area (Å²) in [5, 5.41) is 3.97. The summed E-state index contributed by atoms with van der Waals surface area (Å²) in [7, 11) is 0. The lowest BCUT2D eigenvalue weighted by atomic mass is 9.79. The molecule has 0 atom stereocenters. The molecule has 0 bridgehead atoms. The number of hydrogen-bond donors (Lipinski definition) is 1. The molecule has 134 valence electrons. The fourth-order valence-corrected chi connectivity index (χ4v) is 3.97. The van der Waals surface area contributed by atoms with Crippen LogP contribution in [-0.2, 0) is 20.9 Å². The summed E-state index contributed by atoms with van der Waals surface area (Å²) in [5.41, 5.74) is 0.528. The van der Waals surface area contributed by atoms with Crippen molar-refractivity contribution in [3.05, 3.63) is 33.8 Å². The van der Waals surface area contributed by atoms with Gasteiger partial charge in [-0.15, -0.1) is 0 Å². The average Bonchev–Trinajstić information content (AvgIpc) is 2.88. The maximum Gasteiger partial charge on any atom is 0.407 e. The van der Waals surface area contributed by atoms with E-state index in [2.05, 4.69) is 5.32 Å². The van der Waals surface area contributed by atoms with Gasteiger partial charge in [0, 0.05) is 29.1 Å². The van der Waals surface area contributed by atoms with Crippen LogP contribution in [-0.4, -0.2) is 48.2 Å². The number of nitrogens with one attached hydrogen (secondary N) is 1. The van der Waals surface area contributed by atoms with E-state index in [0.717, 1.165) is 18.4 Å². The van der Waals surface area contributed by atoms with Crippen molar-refractivity contribution in [2.45, 2.75) is 31.1 Å². The number of halogens is 2. The van der Waals surface area contributed by atoms with Crippen LogP contribution in [0.1, 0.15) is 18.4 Å². The van der Waals surface area contributed by atoms with Crippen LogP contribution < -0.4 is 5.32 Å². The molecule has 0 aromatic heterocycles. The van der Waals surface area contributed by atoms with Crippen LogP contribution in [0.3, 0.4) is 0 Å². The van der Waals surface area contributed by atoms with Crippen molar-refractivity contribution in [3.8, 4) is 0 Å². The minimum atomic E-state index is -0.398. The van der Waals surface area contributed by atoms with Crippen molar-refractivity contribution in [1.82, 2.24) is 10.2 Å². The van der Waals surface area contributed by atoms with Crippen LogP contribution in [0.25, 0.3) is 0 Å². The summed E-state index contributed by atoms with van der Waals surface area (Å²) < 4.78 is 10.7. The fraction of sp³-hybridized carbons (Fsp3) is 0.529. The van der Waals surface area contributed by atoms with Gasteiger partial charge in [-0.1, -0.05) is 29.3 Å². The summed E-state index contributed by atoms with van der Waals surface area (Å²) in [6.07, 6.45) is 1.11. The number of likely N-dealkylation sites (tertiary alicyclic amines) is 1. The van der Waals surface area contributed by atoms with E-state index in [-0.39, 0.29) is 23.5 Å². The number of amides is 2. The van der Waals surface area contributed by atoms with E-state index in [1.54, 1.807) is 17.0 Å². The number of rotatable bonds is 4. The summed E-state index contributed by atoms with van der Waals surface area (Å²) in [4.78, 5) is 25.3. The lowest BCUT2D eigenvalue weighted by molar-refractivity contribution is -0.153. The van der Waals surface area contributed by atoms with E-state index in [1.807, 2.05) is 6.07 Å². The second kappa shape index (κ2) is 6.34. The quantitative estimate of drug-likeness (QED) is 0.865. The monoisotopic (exact) mass is 384 g/mol. The largest absolute Gasteiger partial charge is 0.447 e. The summed E-state index contributed by atoms with van der Waals surface area (Å²) in [5.74, 6) is 0.136. The maximum absolute atomic E-state index is 12.4. The second-order valence-corrected chi connectivity index (χ2v) is 7.86. The normalized spacial score (nSPS) is 26.6. The van der Waals surface area contributed by atoms with Gasteiger partial charge in [-0.05, 0) is 30.5 Å². The van der Waals surface area contributed by atoms with Crippen LogP contribution >= 0.6 is 23.2 Å². The molecular weight excluding hydrogens is 367 g/mol. The molecule has 1 spiro atoms. The van der Waals surface area contributed by atoms with Gasteiger partial charge in [0.15, 0.2) is 0 Å². The molecule has 4 rings (SSSR count). The SMILES string of the molecule is O=C1NC2(CO1)CN(C(=O)[C@H]1C[C@H](OCc3ccc(Cl)cc3Cl)C1)C2. The zero-order chi connectivity index (χ0) is 17.6. The van der Waals surface area contributed by atoms with E-state index in [1.165, 1.54) is 0 Å². The Morgan fingerprint density at radius 2 is 2.12 bits per heavy atom. The molecule has 3 aliphatic rings. The van der Waals surface area contributed by atoms with Crippen LogP contribution in [0, 0.1) is 5.92 Å². The molecule has 1 aliphatic carbocycles. The summed E-state index contributed by atoms with van der Waals surface area (Å²) >= 11 is 12.0. The molecule has 2 amide bonds. The predicted octanol–water partition coefficient (Wildman–Crippen LogP) is 2.61. The molecule has 1 N–H and O–H groups in total. The van der Waals surface area contributed by atoms with E-state index in [4.69, 9.17) is 32.7 Å². The Morgan fingerprint density at radius 3 is 2.76 bits per heavy atom. The smallest absolute Gasteiger partial charge is 0.407 e. The van der Waals surface area contributed by atoms with Crippen molar-refractivity contribution < 1.29 is 19.1 Å². The van der Waals surface area contributed by atoms with Gasteiger partial charge < -0.3 is 19.7 Å². The molecule has 6 nitrogen and oxygen atoms in total. The topological polar surface area (TPSA) is 67.9 Å². The van der Waals surface area contributed by atoms with E-state index < -0.39 is 6.09 Å². The number of carbonyl (C=O) groups is 2. The molecule has 8 heteroatoms. The lowest BCUT2D eigenvalue weighted by Crippen LogP contribution is -2.71. The Morgan fingerprint density at radius 1 is 1.36 bits per heavy atom. The minimum Gasteiger partial charge on any atom is -0.447 e. The van der Waals surface area contributed by atoms with Crippen LogP contribution in [0.2, 0.25) is 10.0 Å². The summed E-state index contributed by atoms with van der Waals surface area (Å²) in [6, 6.07) is 5.33. The van der Waals surface area contributed by atoms with Crippen LogP contribution in [0.5, 0.6) is 0 Å². The third kappa shape index (κ3) is 3.30. The first-order chi connectivity index (χ1) is 11.9. The molecule has 2 saturated heterocycles. The van der Waals surface area contributed by atoms with Crippen molar-refractivity contribution in [1.29, 1.82) is 0 Å². The molecule has 1 saturated carbocycles. The molecule has 0 unspecified atom stereocenters. The third-order valence-corrected chi connectivity index (χ3v) is 5.67. The number of alkyl carbamates (subject to hydrolysis) is 1. The molecule has 3 fully saturated rings. The first kappa shape index (κ1) is 16.9. The molecule has 2 aliphatic heterocycles. The van der Waals surface area contributed by atoms with Gasteiger partial charge in [0.1, 0.15) is 12.1 Å². The molecule has 2 heterocycles. The standard InChI is InChI=1S/C17H18Cl2N2O4/c18-12-2-1-10(14(19)5-12)6-24-13-3-11(4-13)15(22)21-7-17(8-21)9-25-16(23)20-17/h1-2,5,11,13H,3-4,6-9H2,(H,20,23)/t11-,13-. The van der Waals surface area contributed by atoms with Gasteiger partial charge in [-0.2, -0.15) is 0 Å². The Balaban J connectivity index is 1.20. The molecular formula is C17H18Cl2N2O4. The number of ether oxygens (including phenoxy) is 2. The van der Waals surface area contributed by atoms with Gasteiger partial charge in [0.05, 0.1) is 12.7 Å². The number of carbonyl (C=O) groups excluding carboxylic acids is 2. The molecule has 1 aromatic carbocycles. The highest BCUT2D eigenvalue weighted by molar-refractivity contribution is 6.35. The molecule has 0 radical (unpaired) electrons. The first-order valence-electron chi connectivity index (χ1n) is 8.23. The number of nitrogens with zero attached hydrogens (tertiary/aromatic N) is 1. The van der Waals surface area contributed by atoms with Crippen molar-refractivity contribution >= 4 is 35.2 Å². The van der Waals surface area contributed by atoms with Crippen molar-refractivity contribution in [2.75, 3.05) is 19.7 Å². The van der Waals surface area contributed by atoms with Gasteiger partial charge in [0.25, 0.3) is 0 Å². The van der Waals surface area contributed by atoms with E-state index in [9.17, 15) is 9.59 Å². The Kier molecular flexibility index (Phi) is 4.30. The summed E-state index contributed by atoms with van der Waals surface area (Å²) in [6.45, 7) is 1.81. The molecule has 25 heavy (non-hydrogen) atoms. The highest BCUT2D eigenvalue weighted by atomic mass is 35.5. The third-order valence-electron chi connectivity index (χ3n) is 5.08. The van der Waals surface area contributed by atoms with Gasteiger partial charge in [-0.3, -0.25) is 4.79 Å². The highest BCUT2D eigenvalue weighted by Crippen LogP contribution is 2.36. The Bertz CT molecular complexity index is 715. The number of hydrogen-bond acceptors (Lipinski definition) is 4. The zero-order valence-corrected chi connectivity index (χ0v) is 15.0. The van der Waals surface area contributed by atoms with E-state index >= 15 is 0 Å². The Hall–Kier alpha value is -1.50. The van der Waals surface area contributed by atoms with E-state index in [0.29, 0.717) is 36.3 Å². The van der Waals surface area contributed by atoms with Crippen LogP contribution in [0.4, 0.5) is 4.79 Å². The van der Waals surface area contributed by atoms with Crippen molar-refractivity contribution in [2.24, 2.45) is 5.92 Å². The average molecular weight is 385 g/mol. The number of benzene rings is 1. The van der Waals surface area contributed by atoms with Gasteiger partial charge in [0.2, 0.25) is 5.91 Å². The maximum atomic E-state index is 12.4.